The Morgan fingerprint density at radius 3 is 2.65 bits per heavy atom. The first kappa shape index (κ1) is 25.1. The van der Waals surface area contributed by atoms with Crippen LogP contribution >= 0.6 is 11.8 Å². The van der Waals surface area contributed by atoms with E-state index in [1.54, 1.807) is 49.8 Å². The zero-order chi connectivity index (χ0) is 24.7. The Labute approximate surface area is 202 Å². The summed E-state index contributed by atoms with van der Waals surface area (Å²) >= 11 is 1.25. The van der Waals surface area contributed by atoms with Crippen LogP contribution in [0.2, 0.25) is 0 Å². The monoisotopic (exact) mass is 484 g/mol. The smallest absolute Gasteiger partial charge is 0.338 e. The second-order valence-electron chi connectivity index (χ2n) is 7.77. The van der Waals surface area contributed by atoms with Crippen LogP contribution in [0.1, 0.15) is 35.6 Å². The Kier molecular flexibility index (Phi) is 8.53. The largest absolute Gasteiger partial charge is 0.493 e. The zero-order valence-electron chi connectivity index (χ0n) is 19.8. The van der Waals surface area contributed by atoms with Gasteiger partial charge in [0.25, 0.3) is 0 Å². The van der Waals surface area contributed by atoms with Crippen molar-refractivity contribution in [2.45, 2.75) is 38.6 Å². The van der Waals surface area contributed by atoms with E-state index in [0.717, 1.165) is 5.56 Å². The van der Waals surface area contributed by atoms with Crippen molar-refractivity contribution in [3.05, 3.63) is 59.4 Å². The summed E-state index contributed by atoms with van der Waals surface area (Å²) in [6, 6.07) is 12.3. The van der Waals surface area contributed by atoms with Crippen LogP contribution in [0.3, 0.4) is 0 Å². The minimum Gasteiger partial charge on any atom is -0.493 e. The minimum absolute atomic E-state index is 0.124. The van der Waals surface area contributed by atoms with Crippen LogP contribution in [0, 0.1) is 6.92 Å². The van der Waals surface area contributed by atoms with Gasteiger partial charge in [0.2, 0.25) is 5.91 Å². The highest BCUT2D eigenvalue weighted by Crippen LogP contribution is 2.28. The topological polar surface area (TPSA) is 105 Å². The van der Waals surface area contributed by atoms with Crippen LogP contribution in [-0.4, -0.2) is 45.6 Å². The van der Waals surface area contributed by atoms with Gasteiger partial charge in [0.1, 0.15) is 6.61 Å². The summed E-state index contributed by atoms with van der Waals surface area (Å²) in [6.07, 6.45) is -0.220. The van der Waals surface area contributed by atoms with Gasteiger partial charge in [0.05, 0.1) is 24.5 Å². The van der Waals surface area contributed by atoms with Crippen molar-refractivity contribution in [3.8, 4) is 11.5 Å². The molecule has 0 atom stereocenters. The maximum absolute atomic E-state index is 12.4. The molecule has 0 aliphatic carbocycles. The van der Waals surface area contributed by atoms with Gasteiger partial charge in [0.15, 0.2) is 22.5 Å². The first-order chi connectivity index (χ1) is 16.3. The van der Waals surface area contributed by atoms with E-state index in [1.165, 1.54) is 11.8 Å². The Balaban J connectivity index is 1.54. The van der Waals surface area contributed by atoms with Crippen LogP contribution in [0.15, 0.2) is 47.6 Å². The van der Waals surface area contributed by atoms with Gasteiger partial charge in [-0.1, -0.05) is 23.9 Å². The van der Waals surface area contributed by atoms with E-state index in [1.807, 2.05) is 32.2 Å². The molecule has 2 aromatic carbocycles. The maximum Gasteiger partial charge on any atom is 0.338 e. The van der Waals surface area contributed by atoms with Gasteiger partial charge in [-0.25, -0.2) is 4.79 Å². The average molecular weight is 485 g/mol. The summed E-state index contributed by atoms with van der Waals surface area (Å²) in [5.74, 6) is 1.34. The van der Waals surface area contributed by atoms with Crippen LogP contribution in [-0.2, 0) is 23.2 Å². The molecule has 1 aromatic heterocycles. The SMILES string of the molecule is COc1cc(C)ccc1OCc1nnc(SCC(=O)Nc2cccc(C(=O)OC(C)C)c2)n1C. The summed E-state index contributed by atoms with van der Waals surface area (Å²) in [6.45, 7) is 5.75. The predicted octanol–water partition coefficient (Wildman–Crippen LogP) is 4.01. The highest BCUT2D eigenvalue weighted by molar-refractivity contribution is 7.99. The zero-order valence-corrected chi connectivity index (χ0v) is 20.6. The Bertz CT molecular complexity index is 1160. The van der Waals surface area contributed by atoms with Crippen LogP contribution in [0.5, 0.6) is 11.5 Å². The van der Waals surface area contributed by atoms with Crippen molar-refractivity contribution >= 4 is 29.3 Å². The number of amides is 1. The van der Waals surface area contributed by atoms with Crippen LogP contribution in [0.25, 0.3) is 0 Å². The third-order valence-corrected chi connectivity index (χ3v) is 5.68. The molecule has 1 heterocycles. The molecule has 0 spiro atoms. The molecule has 3 rings (SSSR count). The molecule has 0 fully saturated rings. The van der Waals surface area contributed by atoms with Gasteiger partial charge in [0, 0.05) is 12.7 Å². The second-order valence-corrected chi connectivity index (χ2v) is 8.72. The van der Waals surface area contributed by atoms with E-state index >= 15 is 0 Å². The first-order valence-electron chi connectivity index (χ1n) is 10.7. The number of ether oxygens (including phenoxy) is 3. The molecule has 0 aliphatic heterocycles. The van der Waals surface area contributed by atoms with Gasteiger partial charge in [-0.15, -0.1) is 10.2 Å². The summed E-state index contributed by atoms with van der Waals surface area (Å²) < 4.78 is 18.2. The molecular formula is C24H28N4O5S. The number of carbonyl (C=O) groups excluding carboxylic acids is 2. The van der Waals surface area contributed by atoms with E-state index in [2.05, 4.69) is 15.5 Å². The average Bonchev–Trinajstić information content (AvgIpc) is 3.15. The number of hydrogen-bond acceptors (Lipinski definition) is 8. The van der Waals surface area contributed by atoms with Gasteiger partial charge >= 0.3 is 5.97 Å². The highest BCUT2D eigenvalue weighted by Gasteiger charge is 2.14. The number of hydrogen-bond donors (Lipinski definition) is 1. The number of anilines is 1. The van der Waals surface area contributed by atoms with Crippen molar-refractivity contribution in [3.63, 3.8) is 0 Å². The van der Waals surface area contributed by atoms with E-state index in [9.17, 15) is 9.59 Å². The fourth-order valence-electron chi connectivity index (χ4n) is 2.97. The Morgan fingerprint density at radius 2 is 1.91 bits per heavy atom. The highest BCUT2D eigenvalue weighted by atomic mass is 32.2. The molecule has 9 nitrogen and oxygen atoms in total. The fourth-order valence-corrected chi connectivity index (χ4v) is 3.70. The second kappa shape index (κ2) is 11.6. The molecule has 1 amide bonds. The summed E-state index contributed by atoms with van der Waals surface area (Å²) in [4.78, 5) is 24.5. The molecule has 0 bridgehead atoms. The predicted molar refractivity (Wildman–Crippen MR) is 129 cm³/mol. The molecule has 3 aromatic rings. The van der Waals surface area contributed by atoms with Crippen LogP contribution < -0.4 is 14.8 Å². The summed E-state index contributed by atoms with van der Waals surface area (Å²) in [5.41, 5.74) is 1.97. The lowest BCUT2D eigenvalue weighted by Crippen LogP contribution is -2.16. The number of nitrogens with one attached hydrogen (secondary N) is 1. The molecule has 0 saturated carbocycles. The molecule has 0 radical (unpaired) electrons. The number of aryl methyl sites for hydroxylation is 1. The molecule has 0 aliphatic rings. The van der Waals surface area contributed by atoms with Gasteiger partial charge < -0.3 is 24.1 Å². The normalized spacial score (nSPS) is 10.8. The van der Waals surface area contributed by atoms with Gasteiger partial charge in [-0.3, -0.25) is 4.79 Å². The molecule has 34 heavy (non-hydrogen) atoms. The molecule has 0 unspecified atom stereocenters. The minimum atomic E-state index is -0.433. The molecule has 10 heteroatoms. The van der Waals surface area contributed by atoms with Crippen molar-refractivity contribution in [1.29, 1.82) is 0 Å². The maximum atomic E-state index is 12.4. The van der Waals surface area contributed by atoms with Crippen molar-refractivity contribution < 1.29 is 23.8 Å². The van der Waals surface area contributed by atoms with E-state index in [4.69, 9.17) is 14.2 Å². The van der Waals surface area contributed by atoms with E-state index < -0.39 is 5.97 Å². The molecular weight excluding hydrogens is 456 g/mol. The van der Waals surface area contributed by atoms with Gasteiger partial charge in [-0.2, -0.15) is 0 Å². The number of benzene rings is 2. The third-order valence-electron chi connectivity index (χ3n) is 4.66. The number of aromatic nitrogens is 3. The number of esters is 1. The molecule has 1 N–H and O–H groups in total. The lowest BCUT2D eigenvalue weighted by molar-refractivity contribution is -0.113. The lowest BCUT2D eigenvalue weighted by atomic mass is 10.2. The van der Waals surface area contributed by atoms with E-state index in [-0.39, 0.29) is 24.4 Å². The third kappa shape index (κ3) is 6.74. The summed E-state index contributed by atoms with van der Waals surface area (Å²) in [7, 11) is 3.41. The number of rotatable bonds is 10. The fraction of sp³-hybridized carbons (Fsp3) is 0.333. The Morgan fingerprint density at radius 1 is 1.12 bits per heavy atom. The summed E-state index contributed by atoms with van der Waals surface area (Å²) in [5, 5.41) is 11.7. The number of methoxy groups -OCH3 is 1. The first-order valence-corrected chi connectivity index (χ1v) is 11.6. The van der Waals surface area contributed by atoms with Crippen molar-refractivity contribution in [1.82, 2.24) is 14.8 Å². The number of nitrogens with zero attached hydrogens (tertiary/aromatic N) is 3. The van der Waals surface area contributed by atoms with Crippen molar-refractivity contribution in [2.75, 3.05) is 18.2 Å². The quantitative estimate of drug-likeness (QED) is 0.340. The standard InChI is InChI=1S/C24H28N4O5S/c1-15(2)33-23(30)17-7-6-8-18(12-17)25-22(29)14-34-24-27-26-21(28(24)4)13-32-19-10-9-16(3)11-20(19)31-5/h6-12,15H,13-14H2,1-5H3,(H,25,29). The number of thioether (sulfide) groups is 1. The number of carbonyl (C=O) groups is 2. The molecule has 0 saturated heterocycles. The van der Waals surface area contributed by atoms with Crippen LogP contribution in [0.4, 0.5) is 5.69 Å². The Hall–Kier alpha value is -3.53. The van der Waals surface area contributed by atoms with Gasteiger partial charge in [-0.05, 0) is 56.7 Å². The van der Waals surface area contributed by atoms with Crippen molar-refractivity contribution in [2.24, 2.45) is 7.05 Å². The lowest BCUT2D eigenvalue weighted by Gasteiger charge is -2.11. The van der Waals surface area contributed by atoms with E-state index in [0.29, 0.717) is 33.7 Å². The molecule has 180 valence electrons.